The maximum absolute atomic E-state index is 11.6. The number of carboxylic acids is 1. The third kappa shape index (κ3) is 1.82. The summed E-state index contributed by atoms with van der Waals surface area (Å²) in [5.74, 6) is -1.68. The van der Waals surface area contributed by atoms with Crippen molar-refractivity contribution < 1.29 is 19.4 Å². The van der Waals surface area contributed by atoms with Gasteiger partial charge in [0.15, 0.2) is 5.04 Å². The van der Waals surface area contributed by atoms with Crippen molar-refractivity contribution in [3.63, 3.8) is 0 Å². The van der Waals surface area contributed by atoms with Gasteiger partial charge in [-0.2, -0.15) is 0 Å². The Morgan fingerprint density at radius 3 is 1.86 bits per heavy atom. The summed E-state index contributed by atoms with van der Waals surface area (Å²) in [5, 5.41) is 7.88. The second-order valence-electron chi connectivity index (χ2n) is 4.31. The molecule has 1 unspecified atom stereocenters. The van der Waals surface area contributed by atoms with Gasteiger partial charge in [0, 0.05) is 0 Å². The maximum Gasteiger partial charge on any atom is 0.320 e. The quantitative estimate of drug-likeness (QED) is 0.443. The second kappa shape index (κ2) is 4.12. The number of rotatable bonds is 4. The van der Waals surface area contributed by atoms with Crippen LogP contribution < -0.4 is 0 Å². The van der Waals surface area contributed by atoms with E-state index in [0.29, 0.717) is 0 Å². The van der Waals surface area contributed by atoms with E-state index in [0.717, 1.165) is 0 Å². The summed E-state index contributed by atoms with van der Waals surface area (Å²) in [6.07, 6.45) is 0.282. The largest absolute Gasteiger partial charge is 0.481 e. The van der Waals surface area contributed by atoms with Crippen LogP contribution in [-0.4, -0.2) is 32.2 Å². The first kappa shape index (κ1) is 13.2. The Bertz CT molecular complexity index is 244. The van der Waals surface area contributed by atoms with Crippen LogP contribution in [0.25, 0.3) is 0 Å². The summed E-state index contributed by atoms with van der Waals surface area (Å²) in [6.45, 7) is 7.30. The van der Waals surface area contributed by atoms with E-state index in [1.165, 1.54) is 7.11 Å². The number of carboxylic acid groups (broad SMARTS) is 1. The Balaban J connectivity index is 5.44. The van der Waals surface area contributed by atoms with Gasteiger partial charge >= 0.3 is 11.9 Å². The van der Waals surface area contributed by atoms with E-state index in [1.54, 1.807) is 6.92 Å². The molecule has 0 aliphatic carbocycles. The molecule has 0 spiro atoms. The van der Waals surface area contributed by atoms with Gasteiger partial charge in [-0.15, -0.1) is 0 Å². The number of carbonyl (C=O) groups is 2. The van der Waals surface area contributed by atoms with Crippen LogP contribution in [0, 0.1) is 0 Å². The van der Waals surface area contributed by atoms with Crippen molar-refractivity contribution in [1.82, 2.24) is 0 Å². The van der Waals surface area contributed by atoms with Crippen molar-refractivity contribution in [3.05, 3.63) is 0 Å². The molecule has 1 atom stereocenters. The van der Waals surface area contributed by atoms with E-state index < -0.39 is 25.1 Å². The lowest BCUT2D eigenvalue weighted by Crippen LogP contribution is -2.50. The van der Waals surface area contributed by atoms with E-state index in [1.807, 2.05) is 19.6 Å². The van der Waals surface area contributed by atoms with Crippen molar-refractivity contribution >= 4 is 20.0 Å². The van der Waals surface area contributed by atoms with Crippen molar-refractivity contribution in [2.24, 2.45) is 0 Å². The zero-order valence-electron chi connectivity index (χ0n) is 9.38. The number of carbonyl (C=O) groups excluding carboxylic acids is 1. The van der Waals surface area contributed by atoms with Crippen LogP contribution in [0.1, 0.15) is 13.3 Å². The Morgan fingerprint density at radius 2 is 1.79 bits per heavy atom. The molecule has 4 nitrogen and oxygen atoms in total. The fourth-order valence-electron chi connectivity index (χ4n) is 1.71. The molecule has 82 valence electrons. The lowest BCUT2D eigenvalue weighted by molar-refractivity contribution is -0.155. The minimum absolute atomic E-state index is 0.282. The lowest BCUT2D eigenvalue weighted by Gasteiger charge is -2.36. The maximum atomic E-state index is 11.6. The van der Waals surface area contributed by atoms with E-state index in [9.17, 15) is 14.7 Å². The molecular formula is C9H18O4Si. The van der Waals surface area contributed by atoms with Crippen LogP contribution in [0.5, 0.6) is 0 Å². The van der Waals surface area contributed by atoms with Gasteiger partial charge in [-0.05, 0) is 6.42 Å². The topological polar surface area (TPSA) is 63.6 Å². The number of esters is 1. The third-order valence-corrected chi connectivity index (χ3v) is 6.04. The van der Waals surface area contributed by atoms with Gasteiger partial charge in [-0.1, -0.05) is 26.6 Å². The van der Waals surface area contributed by atoms with Crippen LogP contribution in [0.2, 0.25) is 24.7 Å². The van der Waals surface area contributed by atoms with E-state index in [-0.39, 0.29) is 6.42 Å². The molecule has 0 aromatic rings. The minimum Gasteiger partial charge on any atom is -0.481 e. The molecule has 14 heavy (non-hydrogen) atoms. The molecule has 0 fully saturated rings. The summed E-state index contributed by atoms with van der Waals surface area (Å²) in [6, 6.07) is 0. The molecule has 0 bridgehead atoms. The molecular weight excluding hydrogens is 200 g/mol. The zero-order chi connectivity index (χ0) is 11.6. The first-order chi connectivity index (χ1) is 6.24. The van der Waals surface area contributed by atoms with Gasteiger partial charge < -0.3 is 9.84 Å². The molecule has 1 N–H and O–H groups in total. The smallest absolute Gasteiger partial charge is 0.320 e. The standard InChI is InChI=1S/C9H18O4Si/c1-6-9(7(10)11,8(12)13-2)14(3,4)5/h6H2,1-5H3,(H,10,11). The van der Waals surface area contributed by atoms with Gasteiger partial charge in [0.2, 0.25) is 0 Å². The van der Waals surface area contributed by atoms with E-state index in [4.69, 9.17) is 0 Å². The van der Waals surface area contributed by atoms with Gasteiger partial charge in [0.25, 0.3) is 0 Å². The van der Waals surface area contributed by atoms with Gasteiger partial charge in [-0.3, -0.25) is 9.59 Å². The van der Waals surface area contributed by atoms with E-state index in [2.05, 4.69) is 4.74 Å². The molecule has 0 amide bonds. The number of aliphatic carboxylic acids is 1. The summed E-state index contributed by atoms with van der Waals surface area (Å²) in [4.78, 5) is 22.8. The highest BCUT2D eigenvalue weighted by molar-refractivity contribution is 6.85. The Kier molecular flexibility index (Phi) is 3.88. The van der Waals surface area contributed by atoms with Crippen molar-refractivity contribution in [3.8, 4) is 0 Å². The third-order valence-electron chi connectivity index (χ3n) is 2.71. The summed E-state index contributed by atoms with van der Waals surface area (Å²) in [7, 11) is -0.926. The second-order valence-corrected chi connectivity index (χ2v) is 9.66. The van der Waals surface area contributed by atoms with E-state index >= 15 is 0 Å². The summed E-state index contributed by atoms with van der Waals surface area (Å²) >= 11 is 0. The highest BCUT2D eigenvalue weighted by atomic mass is 28.3. The van der Waals surface area contributed by atoms with Crippen LogP contribution >= 0.6 is 0 Å². The number of methoxy groups -OCH3 is 1. The molecule has 0 aliphatic rings. The fourth-order valence-corrected chi connectivity index (χ4v) is 4.13. The predicted octanol–water partition coefficient (Wildman–Crippen LogP) is 1.73. The minimum atomic E-state index is -2.16. The predicted molar refractivity (Wildman–Crippen MR) is 56.0 cm³/mol. The number of hydrogen-bond acceptors (Lipinski definition) is 3. The molecule has 0 aliphatic heterocycles. The fraction of sp³-hybridized carbons (Fsp3) is 0.778. The highest BCUT2D eigenvalue weighted by Gasteiger charge is 2.55. The molecule has 0 radical (unpaired) electrons. The molecule has 0 saturated carbocycles. The molecule has 0 aromatic carbocycles. The first-order valence-corrected chi connectivity index (χ1v) is 8.05. The average molecular weight is 218 g/mol. The SMILES string of the molecule is CCC(C(=O)O)(C(=O)OC)[Si](C)(C)C. The number of hydrogen-bond donors (Lipinski definition) is 1. The van der Waals surface area contributed by atoms with Crippen LogP contribution in [0.15, 0.2) is 0 Å². The highest BCUT2D eigenvalue weighted by Crippen LogP contribution is 2.42. The zero-order valence-corrected chi connectivity index (χ0v) is 10.4. The van der Waals surface area contributed by atoms with Gasteiger partial charge in [0.1, 0.15) is 0 Å². The van der Waals surface area contributed by atoms with Gasteiger partial charge in [0.05, 0.1) is 15.2 Å². The average Bonchev–Trinajstić information content (AvgIpc) is 2.02. The van der Waals surface area contributed by atoms with Crippen LogP contribution in [0.4, 0.5) is 0 Å². The Hall–Kier alpha value is -0.843. The van der Waals surface area contributed by atoms with Crippen molar-refractivity contribution in [1.29, 1.82) is 0 Å². The monoisotopic (exact) mass is 218 g/mol. The summed E-state index contributed by atoms with van der Waals surface area (Å²) < 4.78 is 4.61. The lowest BCUT2D eigenvalue weighted by atomic mass is 10.1. The summed E-state index contributed by atoms with van der Waals surface area (Å²) in [5.41, 5.74) is 0. The first-order valence-electron chi connectivity index (χ1n) is 4.55. The van der Waals surface area contributed by atoms with Crippen molar-refractivity contribution in [2.75, 3.05) is 7.11 Å². The normalized spacial score (nSPS) is 15.8. The molecule has 0 saturated heterocycles. The van der Waals surface area contributed by atoms with Crippen LogP contribution in [-0.2, 0) is 14.3 Å². The molecule has 0 heterocycles. The Labute approximate surface area is 85.3 Å². The molecule has 0 rings (SSSR count). The number of ether oxygens (including phenoxy) is 1. The van der Waals surface area contributed by atoms with Crippen LogP contribution in [0.3, 0.4) is 0 Å². The molecule has 0 aromatic heterocycles. The molecule has 5 heteroatoms. The van der Waals surface area contributed by atoms with Gasteiger partial charge in [-0.25, -0.2) is 0 Å². The Morgan fingerprint density at radius 1 is 1.36 bits per heavy atom. The van der Waals surface area contributed by atoms with Crippen molar-refractivity contribution in [2.45, 2.75) is 38.0 Å².